The molecule has 0 saturated carbocycles. The summed E-state index contributed by atoms with van der Waals surface area (Å²) in [6.45, 7) is -0.00192. The molecule has 9 N–H and O–H groups in total. The Hall–Kier alpha value is -1.74. The van der Waals surface area contributed by atoms with Gasteiger partial charge in [0.25, 0.3) is 0 Å². The van der Waals surface area contributed by atoms with Crippen molar-refractivity contribution in [2.24, 2.45) is 5.92 Å². The maximum absolute atomic E-state index is 14.0. The minimum absolute atomic E-state index is 0.0201. The molecule has 3 rings (SSSR count). The number of amides is 1. The summed E-state index contributed by atoms with van der Waals surface area (Å²) >= 11 is 4.81. The van der Waals surface area contributed by atoms with Crippen LogP contribution in [0, 0.1) is 5.92 Å². The molecule has 3 heterocycles. The molecule has 2 aliphatic rings. The molecule has 2 saturated heterocycles. The summed E-state index contributed by atoms with van der Waals surface area (Å²) in [5.41, 5.74) is 6.10. The maximum atomic E-state index is 14.0. The number of ether oxygens (including phenoxy) is 3. The molecule has 22 heteroatoms. The quantitative estimate of drug-likeness (QED) is 0.0886. The van der Waals surface area contributed by atoms with E-state index in [1.807, 2.05) is 0 Å². The Balaban J connectivity index is 1.72. The minimum atomic E-state index is -5.48. The largest absolute Gasteiger partial charge is 0.481 e. The van der Waals surface area contributed by atoms with Gasteiger partial charge >= 0.3 is 14.5 Å². The minimum Gasteiger partial charge on any atom is -0.460 e. The normalized spacial score (nSPS) is 34.5. The number of halogens is 1. The van der Waals surface area contributed by atoms with Crippen LogP contribution in [-0.4, -0.2) is 108 Å². The molecule has 8 unspecified atom stereocenters. The van der Waals surface area contributed by atoms with E-state index in [1.165, 1.54) is 13.3 Å². The van der Waals surface area contributed by atoms with Crippen LogP contribution in [0.15, 0.2) is 19.2 Å². The van der Waals surface area contributed by atoms with Crippen LogP contribution < -0.4 is 15.8 Å². The van der Waals surface area contributed by atoms with E-state index in [2.05, 4.69) is 30.7 Å². The second-order valence-electron chi connectivity index (χ2n) is 9.50. The van der Waals surface area contributed by atoms with E-state index < -0.39 is 94.7 Å². The van der Waals surface area contributed by atoms with Crippen molar-refractivity contribution in [3.63, 3.8) is 0 Å². The molecule has 0 radical (unpaired) electrons. The smallest absolute Gasteiger partial charge is 0.460 e. The zero-order chi connectivity index (χ0) is 32.3. The van der Waals surface area contributed by atoms with Crippen LogP contribution in [0.5, 0.6) is 5.75 Å². The van der Waals surface area contributed by atoms with Gasteiger partial charge in [-0.1, -0.05) is 13.5 Å². The van der Waals surface area contributed by atoms with Crippen molar-refractivity contribution in [2.45, 2.75) is 69.0 Å². The second-order valence-corrected chi connectivity index (χ2v) is 13.9. The summed E-state index contributed by atoms with van der Waals surface area (Å²) in [5.74, 6) is -0.927. The highest BCUT2D eigenvalue weighted by atomic mass is 32.5. The molecule has 0 bridgehead atoms. The number of alkyl halides is 1. The molecule has 0 aromatic carbocycles. The Labute approximate surface area is 249 Å². The van der Waals surface area contributed by atoms with Crippen LogP contribution in [0.2, 0.25) is 0 Å². The van der Waals surface area contributed by atoms with Crippen LogP contribution in [0.3, 0.4) is 0 Å². The second kappa shape index (κ2) is 14.6. The highest BCUT2D eigenvalue weighted by molar-refractivity contribution is 8.08. The van der Waals surface area contributed by atoms with Gasteiger partial charge in [-0.15, -0.1) is 0 Å². The van der Waals surface area contributed by atoms with Crippen LogP contribution in [-0.2, 0) is 44.0 Å². The van der Waals surface area contributed by atoms with Crippen molar-refractivity contribution in [3.8, 4) is 5.75 Å². The zero-order valence-electron chi connectivity index (χ0n) is 22.7. The Bertz CT molecular complexity index is 1250. The zero-order valence-corrected chi connectivity index (χ0v) is 25.3. The number of aliphatic hydroxyl groups is 4. The average Bonchev–Trinajstić information content (AvgIpc) is 3.22. The fraction of sp³-hybridized carbons (Fsp3) is 0.667. The Morgan fingerprint density at radius 1 is 1.28 bits per heavy atom. The first-order valence-corrected chi connectivity index (χ1v) is 16.6. The molecule has 12 atom stereocenters. The topological polar surface area (TPSA) is 275 Å². The summed E-state index contributed by atoms with van der Waals surface area (Å²) in [6, 6.07) is -0.779. The number of phosphoric acid groups is 1. The highest BCUT2D eigenvalue weighted by Gasteiger charge is 2.51. The van der Waals surface area contributed by atoms with Crippen LogP contribution >= 0.6 is 14.5 Å². The predicted octanol–water partition coefficient (Wildman–Crippen LogP) is -1.33. The SMILES string of the molecule is C=COc1c(N)ncnc1C1O[C@H](COP(O)(=S)OP(=O)(O)OC2OC([C@@H](F)CO)C(O)C(O)C2O)[C@@H](NC(C)=O)[C@@H]1C. The van der Waals surface area contributed by atoms with E-state index in [4.69, 9.17) is 41.4 Å². The lowest BCUT2D eigenvalue weighted by atomic mass is 9.93. The summed E-state index contributed by atoms with van der Waals surface area (Å²) in [5, 5.41) is 41.6. The Morgan fingerprint density at radius 2 is 1.95 bits per heavy atom. The number of hydrogen-bond donors (Lipinski definition) is 8. The molecular formula is C21H33FN4O14P2S. The number of carbonyl (C=O) groups excluding carboxylic acids is 1. The van der Waals surface area contributed by atoms with Gasteiger partial charge in [0, 0.05) is 12.8 Å². The number of phosphoric ester groups is 1. The van der Waals surface area contributed by atoms with E-state index in [-0.39, 0.29) is 17.3 Å². The van der Waals surface area contributed by atoms with Gasteiger partial charge in [0.05, 0.1) is 25.5 Å². The number of aliphatic hydroxyl groups excluding tert-OH is 4. The summed E-state index contributed by atoms with van der Waals surface area (Å²) < 4.78 is 57.3. The van der Waals surface area contributed by atoms with Crippen molar-refractivity contribution in [1.82, 2.24) is 15.3 Å². The number of aromatic nitrogens is 2. The summed E-state index contributed by atoms with van der Waals surface area (Å²) in [4.78, 5) is 40.6. The van der Waals surface area contributed by atoms with Crippen LogP contribution in [0.1, 0.15) is 25.6 Å². The average molecular weight is 679 g/mol. The van der Waals surface area contributed by atoms with E-state index >= 15 is 0 Å². The van der Waals surface area contributed by atoms with Gasteiger partial charge in [0.2, 0.25) is 5.91 Å². The van der Waals surface area contributed by atoms with E-state index in [0.29, 0.717) is 0 Å². The first-order valence-electron chi connectivity index (χ1n) is 12.5. The summed E-state index contributed by atoms with van der Waals surface area (Å²) in [6.07, 6.45) is -12.5. The van der Waals surface area contributed by atoms with Crippen LogP contribution in [0.4, 0.5) is 10.2 Å². The molecule has 43 heavy (non-hydrogen) atoms. The van der Waals surface area contributed by atoms with Gasteiger partial charge in [-0.2, -0.15) is 0 Å². The molecule has 1 amide bonds. The predicted molar refractivity (Wildman–Crippen MR) is 145 cm³/mol. The molecule has 2 fully saturated rings. The molecule has 1 aromatic heterocycles. The van der Waals surface area contributed by atoms with E-state index in [1.54, 1.807) is 6.92 Å². The van der Waals surface area contributed by atoms with E-state index in [9.17, 15) is 38.9 Å². The third kappa shape index (κ3) is 8.71. The van der Waals surface area contributed by atoms with Crippen molar-refractivity contribution in [2.75, 3.05) is 18.9 Å². The lowest BCUT2D eigenvalue weighted by molar-refractivity contribution is -0.287. The molecule has 2 aliphatic heterocycles. The van der Waals surface area contributed by atoms with Gasteiger partial charge in [-0.05, 0) is 11.8 Å². The number of nitrogen functional groups attached to an aromatic ring is 1. The number of nitrogens with one attached hydrogen (secondary N) is 1. The number of rotatable bonds is 13. The van der Waals surface area contributed by atoms with Crippen molar-refractivity contribution >= 4 is 38.1 Å². The first kappa shape index (κ1) is 35.7. The molecule has 0 spiro atoms. The van der Waals surface area contributed by atoms with Gasteiger partial charge in [0.1, 0.15) is 48.6 Å². The van der Waals surface area contributed by atoms with Crippen LogP contribution in [0.25, 0.3) is 0 Å². The highest BCUT2D eigenvalue weighted by Crippen LogP contribution is 2.62. The first-order chi connectivity index (χ1) is 20.0. The fourth-order valence-corrected chi connectivity index (χ4v) is 7.58. The number of anilines is 1. The monoisotopic (exact) mass is 678 g/mol. The van der Waals surface area contributed by atoms with Gasteiger partial charge < -0.3 is 60.0 Å². The third-order valence-electron chi connectivity index (χ3n) is 6.45. The lowest BCUT2D eigenvalue weighted by Gasteiger charge is -2.41. The number of hydrogen-bond acceptors (Lipinski definition) is 16. The molecular weight excluding hydrogens is 645 g/mol. The molecule has 1 aromatic rings. The Kier molecular flexibility index (Phi) is 12.1. The Morgan fingerprint density at radius 3 is 2.56 bits per heavy atom. The lowest BCUT2D eigenvalue weighted by Crippen LogP contribution is -2.60. The molecule has 0 aliphatic carbocycles. The van der Waals surface area contributed by atoms with E-state index in [0.717, 1.165) is 6.26 Å². The van der Waals surface area contributed by atoms with Gasteiger partial charge in [0.15, 0.2) is 24.0 Å². The fourth-order valence-electron chi connectivity index (χ4n) is 4.48. The summed E-state index contributed by atoms with van der Waals surface area (Å²) in [7, 11) is -5.48. The van der Waals surface area contributed by atoms with Crippen molar-refractivity contribution in [1.29, 1.82) is 0 Å². The maximum Gasteiger partial charge on any atom is 0.481 e. The molecule has 244 valence electrons. The third-order valence-corrected chi connectivity index (χ3v) is 9.96. The van der Waals surface area contributed by atoms with Gasteiger partial charge in [-0.25, -0.2) is 23.2 Å². The van der Waals surface area contributed by atoms with Crippen molar-refractivity contribution < 1.29 is 71.5 Å². The van der Waals surface area contributed by atoms with Gasteiger partial charge in [-0.3, -0.25) is 9.32 Å². The van der Waals surface area contributed by atoms with Crippen molar-refractivity contribution in [3.05, 3.63) is 24.9 Å². The number of nitrogens with two attached hydrogens (primary N) is 1. The number of carbonyl (C=O) groups is 1. The number of nitrogens with zero attached hydrogens (tertiary/aromatic N) is 2. The molecule has 18 nitrogen and oxygen atoms in total. The standard InChI is InChI=1S/C21H33FN4O14P2S/c1-4-35-19-13(24-7-25-20(19)23)17-8(2)12(26-9(3)28)11(37-17)6-36-42(34,43)40-41(32,33)39-21-16(31)14(29)15(30)18(38-21)10(22)5-27/h4,7-8,10-12,14-18,21,27,29-31H,1,5-6H2,2-3H3,(H,26,28)(H,32,33)(H,34,43)(H2,23,24,25)/t8-,10-,11+,12-,14?,15?,16?,17?,18?,21?,42?/m0/s1.